The van der Waals surface area contributed by atoms with Gasteiger partial charge in [0.05, 0.1) is 6.10 Å². The van der Waals surface area contributed by atoms with Crippen LogP contribution in [-0.4, -0.2) is 45.2 Å². The summed E-state index contributed by atoms with van der Waals surface area (Å²) in [5.74, 6) is 0.140. The average molecular weight is 366 g/mol. The van der Waals surface area contributed by atoms with E-state index < -0.39 is 29.5 Å². The Morgan fingerprint density at radius 2 is 1.96 bits per heavy atom. The van der Waals surface area contributed by atoms with Crippen molar-refractivity contribution in [2.45, 2.75) is 70.5 Å². The van der Waals surface area contributed by atoms with E-state index in [1.807, 2.05) is 6.92 Å². The molecule has 0 aliphatic heterocycles. The van der Waals surface area contributed by atoms with Crippen LogP contribution in [-0.2, 0) is 9.59 Å². The summed E-state index contributed by atoms with van der Waals surface area (Å²) >= 11 is 0. The molecule has 4 aliphatic rings. The van der Waals surface area contributed by atoms with E-state index in [1.165, 1.54) is 5.57 Å². The predicted octanol–water partition coefficient (Wildman–Crippen LogP) is 1.78. The molecular formula is C21H30O5. The lowest BCUT2D eigenvalue weighted by molar-refractivity contribution is -0.182. The Balaban J connectivity index is 1.74. The van der Waals surface area contributed by atoms with E-state index in [1.54, 1.807) is 6.08 Å². The van der Waals surface area contributed by atoms with Crippen molar-refractivity contribution >= 4 is 11.6 Å². The highest BCUT2D eigenvalue weighted by molar-refractivity contribution is 5.91. The summed E-state index contributed by atoms with van der Waals surface area (Å²) in [6.45, 7) is 3.46. The van der Waals surface area contributed by atoms with Gasteiger partial charge >= 0.3 is 0 Å². The number of ketones is 2. The summed E-state index contributed by atoms with van der Waals surface area (Å²) in [6, 6.07) is 0. The first kappa shape index (κ1) is 18.3. The summed E-state index contributed by atoms with van der Waals surface area (Å²) in [5, 5.41) is 31.7. The van der Waals surface area contributed by atoms with Crippen LogP contribution in [0.25, 0.3) is 0 Å². The molecule has 5 heteroatoms. The standard InChI is InChI=1S/C21H30O5/c1-19-7-5-13(23)9-12(19)3-4-14-15-6-8-21(26,17(25)11-22)20(15,2)10-16(24)18(14)19/h9,14-16,18,22,24,26H,3-8,10-11H2,1-2H3/t14-,15-,16-,18+,19-,20-,21-/m0/s1/i1+1,5+1,7+1,9+1. The molecule has 3 fully saturated rings. The molecule has 3 N–H and O–H groups in total. The van der Waals surface area contributed by atoms with Gasteiger partial charge in [0.1, 0.15) is 12.2 Å². The van der Waals surface area contributed by atoms with Crippen LogP contribution in [0.2, 0.25) is 0 Å². The molecule has 0 aromatic heterocycles. The van der Waals surface area contributed by atoms with Gasteiger partial charge in [0.15, 0.2) is 11.6 Å². The van der Waals surface area contributed by atoms with Gasteiger partial charge in [-0.3, -0.25) is 9.59 Å². The Labute approximate surface area is 154 Å². The van der Waals surface area contributed by atoms with Crippen LogP contribution in [0.4, 0.5) is 0 Å². The molecule has 0 bridgehead atoms. The number of aliphatic hydroxyl groups is 3. The minimum absolute atomic E-state index is 0.0697. The lowest BCUT2D eigenvalue weighted by Gasteiger charge is -2.60. The van der Waals surface area contributed by atoms with Gasteiger partial charge in [0, 0.05) is 11.8 Å². The summed E-state index contributed by atoms with van der Waals surface area (Å²) in [7, 11) is 0. The Bertz CT molecular complexity index is 684. The lowest BCUT2D eigenvalue weighted by Crippen LogP contribution is -2.62. The van der Waals surface area contributed by atoms with Crippen molar-refractivity contribution in [3.8, 4) is 0 Å². The maximum atomic E-state index is 12.4. The third kappa shape index (κ3) is 2.14. The van der Waals surface area contributed by atoms with E-state index >= 15 is 0 Å². The maximum absolute atomic E-state index is 12.4. The first-order valence-electron chi connectivity index (χ1n) is 9.96. The van der Waals surface area contributed by atoms with E-state index in [0.29, 0.717) is 19.3 Å². The average Bonchev–Trinajstić information content (AvgIpc) is 2.86. The number of rotatable bonds is 2. The Morgan fingerprint density at radius 3 is 2.65 bits per heavy atom. The molecule has 4 rings (SSSR count). The molecule has 0 aromatic carbocycles. The number of Topliss-reactive ketones (excluding diaryl/α,β-unsaturated/α-hetero) is 1. The Kier molecular flexibility index (Phi) is 4.04. The van der Waals surface area contributed by atoms with Crippen LogP contribution >= 0.6 is 0 Å². The summed E-state index contributed by atoms with van der Waals surface area (Å²) in [4.78, 5) is 24.3. The highest BCUT2D eigenvalue weighted by Gasteiger charge is 2.68. The number of hydrogen-bond acceptors (Lipinski definition) is 5. The molecule has 4 aliphatic carbocycles. The summed E-state index contributed by atoms with van der Waals surface area (Å²) in [5.41, 5.74) is -1.23. The number of hydrogen-bond donors (Lipinski definition) is 3. The van der Waals surface area contributed by atoms with Gasteiger partial charge < -0.3 is 15.3 Å². The Hall–Kier alpha value is -1.04. The van der Waals surface area contributed by atoms with Gasteiger partial charge in [-0.1, -0.05) is 19.4 Å². The van der Waals surface area contributed by atoms with Crippen LogP contribution in [0.3, 0.4) is 0 Å². The van der Waals surface area contributed by atoms with Gasteiger partial charge in [-0.2, -0.15) is 0 Å². The van der Waals surface area contributed by atoms with E-state index in [2.05, 4.69) is 6.92 Å². The minimum Gasteiger partial charge on any atom is -0.393 e. The monoisotopic (exact) mass is 366 g/mol. The summed E-state index contributed by atoms with van der Waals surface area (Å²) in [6.07, 6.45) is 5.74. The molecule has 0 saturated heterocycles. The number of carbonyl (C=O) groups excluding carboxylic acids is 2. The molecule has 144 valence electrons. The molecule has 26 heavy (non-hydrogen) atoms. The normalized spacial score (nSPS) is 50.5. The zero-order valence-electron chi connectivity index (χ0n) is 15.7. The molecule has 0 aromatic rings. The molecule has 7 atom stereocenters. The van der Waals surface area contributed by atoms with Crippen molar-refractivity contribution in [3.63, 3.8) is 0 Å². The first-order valence-corrected chi connectivity index (χ1v) is 9.96. The van der Waals surface area contributed by atoms with Crippen LogP contribution in [0.1, 0.15) is 58.8 Å². The highest BCUT2D eigenvalue weighted by atomic mass is 16.3. The quantitative estimate of drug-likeness (QED) is 0.648. The van der Waals surface area contributed by atoms with Crippen LogP contribution in [0.5, 0.6) is 0 Å². The molecule has 0 unspecified atom stereocenters. The third-order valence-electron chi connectivity index (χ3n) is 8.65. The number of carbonyl (C=O) groups is 2. The second-order valence-corrected chi connectivity index (χ2v) is 9.56. The fourth-order valence-corrected chi connectivity index (χ4v) is 7.28. The lowest BCUT2D eigenvalue weighted by atomic mass is 9.49. The summed E-state index contributed by atoms with van der Waals surface area (Å²) < 4.78 is 0. The predicted molar refractivity (Wildman–Crippen MR) is 95.1 cm³/mol. The second kappa shape index (κ2) is 5.73. The van der Waals surface area contributed by atoms with Crippen LogP contribution < -0.4 is 0 Å². The van der Waals surface area contributed by atoms with Gasteiger partial charge in [0.2, 0.25) is 0 Å². The smallest absolute Gasteiger partial charge is 0.190 e. The highest BCUT2D eigenvalue weighted by Crippen LogP contribution is 2.67. The molecular weight excluding hydrogens is 336 g/mol. The van der Waals surface area contributed by atoms with Crippen molar-refractivity contribution in [1.82, 2.24) is 0 Å². The van der Waals surface area contributed by atoms with Gasteiger partial charge in [-0.05, 0) is 67.8 Å². The number of fused-ring (bicyclic) bond motifs is 5. The zero-order chi connectivity index (χ0) is 18.9. The van der Waals surface area contributed by atoms with E-state index in [-0.39, 0.29) is 29.0 Å². The van der Waals surface area contributed by atoms with Crippen molar-refractivity contribution in [2.24, 2.45) is 28.6 Å². The molecule has 0 spiro atoms. The van der Waals surface area contributed by atoms with Gasteiger partial charge in [0.25, 0.3) is 0 Å². The van der Waals surface area contributed by atoms with Crippen molar-refractivity contribution < 1.29 is 24.9 Å². The van der Waals surface area contributed by atoms with Crippen LogP contribution in [0.15, 0.2) is 11.6 Å². The van der Waals surface area contributed by atoms with Crippen molar-refractivity contribution in [2.75, 3.05) is 6.61 Å². The molecule has 0 radical (unpaired) electrons. The van der Waals surface area contributed by atoms with E-state index in [0.717, 1.165) is 25.7 Å². The van der Waals surface area contributed by atoms with Crippen molar-refractivity contribution in [3.05, 3.63) is 11.6 Å². The van der Waals surface area contributed by atoms with Crippen LogP contribution in [0, 0.1) is 28.6 Å². The van der Waals surface area contributed by atoms with Crippen molar-refractivity contribution in [1.29, 1.82) is 0 Å². The molecule has 5 nitrogen and oxygen atoms in total. The number of allylic oxidation sites excluding steroid dienone is 1. The van der Waals surface area contributed by atoms with E-state index in [9.17, 15) is 24.9 Å². The number of aliphatic hydroxyl groups excluding tert-OH is 2. The molecule has 3 saturated carbocycles. The molecule has 0 amide bonds. The topological polar surface area (TPSA) is 94.8 Å². The SMILES string of the molecule is C[C@]12C[C@H](O)[C@H]3[C@@H](CCC4=[13CH]C(=O)[13CH2][13CH2][C@@]43[13CH3])[C@@H]1CC[C@]2(O)C(=O)CO. The minimum atomic E-state index is -1.54. The van der Waals surface area contributed by atoms with Gasteiger partial charge in [-0.25, -0.2) is 0 Å². The maximum Gasteiger partial charge on any atom is 0.190 e. The largest absolute Gasteiger partial charge is 0.393 e. The first-order chi connectivity index (χ1) is 12.2. The third-order valence-corrected chi connectivity index (χ3v) is 8.65. The van der Waals surface area contributed by atoms with Gasteiger partial charge in [-0.15, -0.1) is 0 Å². The zero-order valence-corrected chi connectivity index (χ0v) is 15.7. The second-order valence-electron chi connectivity index (χ2n) is 9.56. The molecule has 0 heterocycles. The Morgan fingerprint density at radius 1 is 1.23 bits per heavy atom. The fraction of sp³-hybridized carbons (Fsp3) is 0.810. The fourth-order valence-electron chi connectivity index (χ4n) is 7.28. The van der Waals surface area contributed by atoms with E-state index in [4.69, 9.17) is 0 Å².